The Bertz CT molecular complexity index is 1240. The number of fused-ring (bicyclic) bond motifs is 3. The molecule has 162 valence electrons. The summed E-state index contributed by atoms with van der Waals surface area (Å²) in [5.41, 5.74) is 2.16. The number of pyridine rings is 1. The molecule has 0 bridgehead atoms. The molecule has 2 aliphatic rings. The average molecular weight is 461 g/mol. The molecule has 1 N–H and O–H groups in total. The van der Waals surface area contributed by atoms with E-state index in [1.54, 1.807) is 23.2 Å². The first-order valence-corrected chi connectivity index (χ1v) is 11.9. The smallest absolute Gasteiger partial charge is 0.242 e. The van der Waals surface area contributed by atoms with Crippen LogP contribution in [0.4, 0.5) is 17.2 Å². The number of rotatable bonds is 6. The van der Waals surface area contributed by atoms with E-state index in [2.05, 4.69) is 14.9 Å². The van der Waals surface area contributed by atoms with Crippen molar-refractivity contribution in [2.45, 2.75) is 32.1 Å². The van der Waals surface area contributed by atoms with Crippen LogP contribution in [0.5, 0.6) is 5.88 Å². The van der Waals surface area contributed by atoms with Crippen molar-refractivity contribution in [3.05, 3.63) is 35.0 Å². The van der Waals surface area contributed by atoms with Gasteiger partial charge in [0.25, 0.3) is 0 Å². The van der Waals surface area contributed by atoms with Gasteiger partial charge in [0.2, 0.25) is 11.8 Å². The summed E-state index contributed by atoms with van der Waals surface area (Å²) in [6.07, 6.45) is 4.66. The molecule has 8 nitrogen and oxygen atoms in total. The number of anilines is 3. The molecule has 1 amide bonds. The highest BCUT2D eigenvalue weighted by Gasteiger charge is 2.60. The summed E-state index contributed by atoms with van der Waals surface area (Å²) in [7, 11) is -1.29. The molecule has 1 aliphatic heterocycles. The molecule has 1 fully saturated rings. The van der Waals surface area contributed by atoms with Crippen molar-refractivity contribution in [2.24, 2.45) is 5.92 Å². The molecule has 1 unspecified atom stereocenters. The van der Waals surface area contributed by atoms with Gasteiger partial charge in [-0.05, 0) is 36.5 Å². The molecule has 1 aromatic carbocycles. The summed E-state index contributed by atoms with van der Waals surface area (Å²) < 4.78 is 25.5. The van der Waals surface area contributed by atoms with Crippen molar-refractivity contribution in [1.82, 2.24) is 10.1 Å². The number of carbonyl (C=O) groups is 1. The monoisotopic (exact) mass is 460 g/mol. The highest BCUT2D eigenvalue weighted by atomic mass is 35.5. The maximum absolute atomic E-state index is 13.4. The number of halogens is 1. The third kappa shape index (κ3) is 3.27. The minimum atomic E-state index is -1.29. The summed E-state index contributed by atoms with van der Waals surface area (Å²) >= 11 is 6.41. The first-order chi connectivity index (χ1) is 14.8. The predicted molar refractivity (Wildman–Crippen MR) is 119 cm³/mol. The minimum absolute atomic E-state index is 0.00888. The van der Waals surface area contributed by atoms with E-state index in [9.17, 15) is 9.00 Å². The molecule has 0 saturated heterocycles. The van der Waals surface area contributed by atoms with Gasteiger partial charge in [0.15, 0.2) is 11.4 Å². The van der Waals surface area contributed by atoms with Gasteiger partial charge in [-0.15, -0.1) is 0 Å². The lowest BCUT2D eigenvalue weighted by Gasteiger charge is -2.19. The lowest BCUT2D eigenvalue weighted by molar-refractivity contribution is -0.119. The largest absolute Gasteiger partial charge is 0.476 e. The van der Waals surface area contributed by atoms with Crippen molar-refractivity contribution in [3.63, 3.8) is 0 Å². The Labute approximate surface area is 186 Å². The molecule has 10 heteroatoms. The predicted octanol–water partition coefficient (Wildman–Crippen LogP) is 4.33. The second-order valence-corrected chi connectivity index (χ2v) is 9.88. The molecule has 3 heterocycles. The second-order valence-electron chi connectivity index (χ2n) is 8.36. The maximum atomic E-state index is 13.4. The summed E-state index contributed by atoms with van der Waals surface area (Å²) in [5.74, 6) is 1.08. The van der Waals surface area contributed by atoms with Crippen LogP contribution in [0.25, 0.3) is 11.0 Å². The number of ether oxygens (including phenoxy) is 1. The number of carbonyl (C=O) groups excluding carboxylic acids is 1. The van der Waals surface area contributed by atoms with Crippen LogP contribution in [0.3, 0.4) is 0 Å². The molecule has 1 spiro atoms. The molecule has 3 aromatic rings. The van der Waals surface area contributed by atoms with Crippen LogP contribution < -0.4 is 14.4 Å². The molecule has 1 aliphatic carbocycles. The Morgan fingerprint density at radius 3 is 2.77 bits per heavy atom. The van der Waals surface area contributed by atoms with Crippen LogP contribution >= 0.6 is 11.6 Å². The zero-order valence-corrected chi connectivity index (χ0v) is 18.8. The molecule has 31 heavy (non-hydrogen) atoms. The molecule has 5 rings (SSSR count). The summed E-state index contributed by atoms with van der Waals surface area (Å²) in [5, 5.41) is 5.04. The van der Waals surface area contributed by atoms with Gasteiger partial charge in [-0.2, -0.15) is 0 Å². The topological polar surface area (TPSA) is 97.6 Å². The Morgan fingerprint density at radius 2 is 2.13 bits per heavy atom. The van der Waals surface area contributed by atoms with Gasteiger partial charge in [0.1, 0.15) is 16.0 Å². The van der Waals surface area contributed by atoms with Crippen molar-refractivity contribution >= 4 is 56.7 Å². The molecule has 1 atom stereocenters. The highest BCUT2D eigenvalue weighted by molar-refractivity contribution is 7.85. The number of benzene rings is 1. The minimum Gasteiger partial charge on any atom is -0.476 e. The van der Waals surface area contributed by atoms with Crippen LogP contribution in [-0.4, -0.2) is 33.1 Å². The normalized spacial score (nSPS) is 17.5. The first-order valence-electron chi connectivity index (χ1n) is 9.97. The fraction of sp³-hybridized carbons (Fsp3) is 0.381. The van der Waals surface area contributed by atoms with E-state index >= 15 is 0 Å². The van der Waals surface area contributed by atoms with E-state index in [0.29, 0.717) is 45.9 Å². The fourth-order valence-electron chi connectivity index (χ4n) is 3.94. The Balaban J connectivity index is 1.57. The standard InChI is InChI=1S/C21H21ClN4O4S/c1-11(2)10-29-19-15(22)6-12(9-23-19)26-16-8-17-13(18(24-30-17)25-31(3)28)7-14(16)21(4-5-21)20(26)27/h6-9,11H,4-5,10H2,1-3H3,(H,24,25). The van der Waals surface area contributed by atoms with Crippen molar-refractivity contribution in [2.75, 3.05) is 22.5 Å². The molecule has 1 saturated carbocycles. The number of hydrogen-bond donors (Lipinski definition) is 1. The number of nitrogens with zero attached hydrogens (tertiary/aromatic N) is 3. The Kier molecular flexibility index (Phi) is 4.71. The van der Waals surface area contributed by atoms with Gasteiger partial charge >= 0.3 is 0 Å². The van der Waals surface area contributed by atoms with E-state index in [1.165, 1.54) is 6.26 Å². The highest BCUT2D eigenvalue weighted by Crippen LogP contribution is 2.60. The molecular weight excluding hydrogens is 440 g/mol. The summed E-state index contributed by atoms with van der Waals surface area (Å²) in [6, 6.07) is 5.41. The van der Waals surface area contributed by atoms with Gasteiger partial charge in [0.05, 0.1) is 35.0 Å². The van der Waals surface area contributed by atoms with Crippen molar-refractivity contribution in [1.29, 1.82) is 0 Å². The summed E-state index contributed by atoms with van der Waals surface area (Å²) in [6.45, 7) is 4.59. The second kappa shape index (κ2) is 7.20. The number of hydrogen-bond acceptors (Lipinski definition) is 6. The van der Waals surface area contributed by atoms with E-state index in [1.807, 2.05) is 19.9 Å². The van der Waals surface area contributed by atoms with Gasteiger partial charge in [-0.3, -0.25) is 14.4 Å². The zero-order valence-electron chi connectivity index (χ0n) is 17.3. The van der Waals surface area contributed by atoms with E-state index in [0.717, 1.165) is 24.1 Å². The third-order valence-electron chi connectivity index (χ3n) is 5.55. The number of aromatic nitrogens is 2. The Morgan fingerprint density at radius 1 is 1.35 bits per heavy atom. The van der Waals surface area contributed by atoms with E-state index in [4.69, 9.17) is 20.9 Å². The third-order valence-corrected chi connectivity index (χ3v) is 6.30. The van der Waals surface area contributed by atoms with Crippen LogP contribution in [0.15, 0.2) is 28.9 Å². The van der Waals surface area contributed by atoms with Crippen LogP contribution in [-0.2, 0) is 21.2 Å². The van der Waals surface area contributed by atoms with Crippen LogP contribution in [0.1, 0.15) is 32.3 Å². The SMILES string of the molecule is CC(C)COc1ncc(N2C(=O)C3(CC3)c3cc4c(NS(C)=O)noc4cc32)cc1Cl. The van der Waals surface area contributed by atoms with E-state index < -0.39 is 16.4 Å². The number of nitrogens with one attached hydrogen (secondary N) is 1. The fourth-order valence-corrected chi connectivity index (χ4v) is 4.58. The average Bonchev–Trinajstić information content (AvgIpc) is 3.38. The lowest BCUT2D eigenvalue weighted by Crippen LogP contribution is -2.28. The van der Waals surface area contributed by atoms with Crippen molar-refractivity contribution < 1.29 is 18.3 Å². The van der Waals surface area contributed by atoms with Crippen LogP contribution in [0.2, 0.25) is 5.02 Å². The van der Waals surface area contributed by atoms with Crippen molar-refractivity contribution in [3.8, 4) is 5.88 Å². The Hall–Kier alpha value is -2.65. The van der Waals surface area contributed by atoms with Crippen LogP contribution in [0, 0.1) is 5.92 Å². The quantitative estimate of drug-likeness (QED) is 0.588. The maximum Gasteiger partial charge on any atom is 0.242 e. The molecule has 2 aromatic heterocycles. The van der Waals surface area contributed by atoms with Gasteiger partial charge < -0.3 is 9.26 Å². The van der Waals surface area contributed by atoms with E-state index in [-0.39, 0.29) is 5.91 Å². The zero-order chi connectivity index (χ0) is 21.9. The number of amides is 1. The van der Waals surface area contributed by atoms with Gasteiger partial charge in [-0.1, -0.05) is 30.6 Å². The van der Waals surface area contributed by atoms with Gasteiger partial charge in [0, 0.05) is 12.3 Å². The van der Waals surface area contributed by atoms with Gasteiger partial charge in [-0.25, -0.2) is 9.19 Å². The summed E-state index contributed by atoms with van der Waals surface area (Å²) in [4.78, 5) is 19.4. The lowest BCUT2D eigenvalue weighted by atomic mass is 9.96. The molecular formula is C21H21ClN4O4S. The molecule has 0 radical (unpaired) electrons. The first kappa shape index (κ1) is 20.3.